The van der Waals surface area contributed by atoms with Crippen molar-refractivity contribution in [2.75, 3.05) is 13.7 Å². The predicted molar refractivity (Wildman–Crippen MR) is 116 cm³/mol. The van der Waals surface area contributed by atoms with E-state index >= 15 is 0 Å². The normalized spacial score (nSPS) is 11.6. The number of ether oxygens (including phenoxy) is 1. The van der Waals surface area contributed by atoms with Crippen molar-refractivity contribution >= 4 is 11.8 Å². The maximum Gasteiger partial charge on any atom is 0.242 e. The average Bonchev–Trinajstić information content (AvgIpc) is 2.75. The summed E-state index contributed by atoms with van der Waals surface area (Å²) in [6.07, 6.45) is 2.76. The number of benzene rings is 2. The van der Waals surface area contributed by atoms with Crippen molar-refractivity contribution in [1.82, 2.24) is 10.2 Å². The van der Waals surface area contributed by atoms with Gasteiger partial charge in [-0.3, -0.25) is 9.59 Å². The number of carbonyl (C=O) groups is 2. The highest BCUT2D eigenvalue weighted by atomic mass is 16.5. The third-order valence-corrected chi connectivity index (χ3v) is 4.93. The molecule has 2 aromatic carbocycles. The zero-order valence-corrected chi connectivity index (χ0v) is 17.7. The summed E-state index contributed by atoms with van der Waals surface area (Å²) in [6, 6.07) is 16.8. The second-order valence-electron chi connectivity index (χ2n) is 7.10. The van der Waals surface area contributed by atoms with Gasteiger partial charge in [0.25, 0.3) is 0 Å². The molecule has 2 aromatic rings. The zero-order chi connectivity index (χ0) is 21.1. The monoisotopic (exact) mass is 396 g/mol. The van der Waals surface area contributed by atoms with Crippen LogP contribution in [0.25, 0.3) is 0 Å². The molecule has 0 aliphatic heterocycles. The first-order valence-corrected chi connectivity index (χ1v) is 10.3. The van der Waals surface area contributed by atoms with E-state index < -0.39 is 6.04 Å². The van der Waals surface area contributed by atoms with Crippen LogP contribution in [0, 0.1) is 0 Å². The standard InChI is InChI=1S/C24H32N2O3/c1-4-6-16-25-24(28)22(5-2)26(18-20-10-8-7-9-11-20)23(27)17-19-12-14-21(29-3)15-13-19/h7-15,22H,4-6,16-18H2,1-3H3,(H,25,28)/t22-/m0/s1. The highest BCUT2D eigenvalue weighted by Crippen LogP contribution is 2.16. The van der Waals surface area contributed by atoms with E-state index in [9.17, 15) is 9.59 Å². The van der Waals surface area contributed by atoms with Crippen molar-refractivity contribution < 1.29 is 14.3 Å². The van der Waals surface area contributed by atoms with E-state index in [4.69, 9.17) is 4.74 Å². The van der Waals surface area contributed by atoms with Crippen LogP contribution in [0.3, 0.4) is 0 Å². The first kappa shape index (κ1) is 22.5. The summed E-state index contributed by atoms with van der Waals surface area (Å²) < 4.78 is 5.19. The fourth-order valence-corrected chi connectivity index (χ4v) is 3.23. The fourth-order valence-electron chi connectivity index (χ4n) is 3.23. The molecule has 29 heavy (non-hydrogen) atoms. The lowest BCUT2D eigenvalue weighted by atomic mass is 10.1. The number of carbonyl (C=O) groups excluding carboxylic acids is 2. The van der Waals surface area contributed by atoms with E-state index in [1.807, 2.05) is 61.5 Å². The Labute approximate surface area is 174 Å². The summed E-state index contributed by atoms with van der Waals surface area (Å²) in [4.78, 5) is 27.7. The molecule has 0 saturated heterocycles. The van der Waals surface area contributed by atoms with Crippen molar-refractivity contribution in [3.63, 3.8) is 0 Å². The zero-order valence-electron chi connectivity index (χ0n) is 17.7. The molecule has 0 heterocycles. The Morgan fingerprint density at radius 1 is 1.00 bits per heavy atom. The Balaban J connectivity index is 2.19. The first-order valence-electron chi connectivity index (χ1n) is 10.3. The molecule has 0 aromatic heterocycles. The number of nitrogens with one attached hydrogen (secondary N) is 1. The Bertz CT molecular complexity index is 759. The average molecular weight is 397 g/mol. The first-order chi connectivity index (χ1) is 14.1. The minimum absolute atomic E-state index is 0.0588. The van der Waals surface area contributed by atoms with Crippen LogP contribution in [0.4, 0.5) is 0 Å². The van der Waals surface area contributed by atoms with Gasteiger partial charge in [-0.05, 0) is 36.1 Å². The molecule has 0 spiro atoms. The lowest BCUT2D eigenvalue weighted by Gasteiger charge is -2.31. The fraction of sp³-hybridized carbons (Fsp3) is 0.417. The summed E-state index contributed by atoms with van der Waals surface area (Å²) in [5.41, 5.74) is 1.91. The smallest absolute Gasteiger partial charge is 0.242 e. The van der Waals surface area contributed by atoms with Crippen molar-refractivity contribution in [3.8, 4) is 5.75 Å². The van der Waals surface area contributed by atoms with E-state index in [2.05, 4.69) is 12.2 Å². The maximum atomic E-state index is 13.2. The lowest BCUT2D eigenvalue weighted by molar-refractivity contribution is -0.140. The van der Waals surface area contributed by atoms with Crippen LogP contribution >= 0.6 is 0 Å². The van der Waals surface area contributed by atoms with Gasteiger partial charge in [0.15, 0.2) is 0 Å². The Morgan fingerprint density at radius 2 is 1.69 bits per heavy atom. The number of rotatable bonds is 11. The van der Waals surface area contributed by atoms with Gasteiger partial charge in [0, 0.05) is 13.1 Å². The highest BCUT2D eigenvalue weighted by molar-refractivity contribution is 5.88. The summed E-state index contributed by atoms with van der Waals surface area (Å²) in [5.74, 6) is 0.612. The minimum atomic E-state index is -0.488. The molecule has 1 N–H and O–H groups in total. The second kappa shape index (κ2) is 11.9. The third-order valence-electron chi connectivity index (χ3n) is 4.93. The van der Waals surface area contributed by atoms with E-state index in [1.165, 1.54) is 0 Å². The molecule has 5 nitrogen and oxygen atoms in total. The second-order valence-corrected chi connectivity index (χ2v) is 7.10. The van der Waals surface area contributed by atoms with Crippen LogP contribution in [-0.4, -0.2) is 36.4 Å². The molecule has 0 aliphatic rings. The van der Waals surface area contributed by atoms with Crippen LogP contribution in [0.1, 0.15) is 44.2 Å². The molecule has 0 fully saturated rings. The minimum Gasteiger partial charge on any atom is -0.497 e. The van der Waals surface area contributed by atoms with E-state index in [0.717, 1.165) is 29.7 Å². The predicted octanol–water partition coefficient (Wildman–Crippen LogP) is 3.96. The summed E-state index contributed by atoms with van der Waals surface area (Å²) in [5, 5.41) is 2.99. The molecule has 156 valence electrons. The largest absolute Gasteiger partial charge is 0.497 e. The quantitative estimate of drug-likeness (QED) is 0.585. The lowest BCUT2D eigenvalue weighted by Crippen LogP contribution is -2.49. The summed E-state index contributed by atoms with van der Waals surface area (Å²) in [7, 11) is 1.62. The van der Waals surface area contributed by atoms with E-state index in [-0.39, 0.29) is 18.2 Å². The molecule has 0 aliphatic carbocycles. The summed E-state index contributed by atoms with van der Waals surface area (Å²) in [6.45, 7) is 5.08. The molecule has 2 amide bonds. The Kier molecular flexibility index (Phi) is 9.22. The van der Waals surface area contributed by atoms with Crippen LogP contribution in [0.2, 0.25) is 0 Å². The van der Waals surface area contributed by atoms with E-state index in [1.54, 1.807) is 12.0 Å². The van der Waals surface area contributed by atoms with Gasteiger partial charge in [-0.2, -0.15) is 0 Å². The van der Waals surface area contributed by atoms with Crippen molar-refractivity contribution in [2.24, 2.45) is 0 Å². The van der Waals surface area contributed by atoms with Crippen molar-refractivity contribution in [2.45, 2.75) is 52.1 Å². The summed E-state index contributed by atoms with van der Waals surface area (Å²) >= 11 is 0. The van der Waals surface area contributed by atoms with Crippen LogP contribution in [-0.2, 0) is 22.6 Å². The van der Waals surface area contributed by atoms with E-state index in [0.29, 0.717) is 19.5 Å². The Morgan fingerprint density at radius 3 is 2.28 bits per heavy atom. The van der Waals surface area contributed by atoms with Crippen LogP contribution in [0.5, 0.6) is 5.75 Å². The molecule has 1 atom stereocenters. The van der Waals surface area contributed by atoms with Gasteiger partial charge in [-0.1, -0.05) is 62.7 Å². The molecule has 2 rings (SSSR count). The van der Waals surface area contributed by atoms with Gasteiger partial charge in [0.05, 0.1) is 13.5 Å². The van der Waals surface area contributed by atoms with Crippen LogP contribution < -0.4 is 10.1 Å². The van der Waals surface area contributed by atoms with Crippen LogP contribution in [0.15, 0.2) is 54.6 Å². The number of hydrogen-bond acceptors (Lipinski definition) is 3. The van der Waals surface area contributed by atoms with Crippen molar-refractivity contribution in [3.05, 3.63) is 65.7 Å². The molecule has 0 bridgehead atoms. The Hall–Kier alpha value is -2.82. The third kappa shape index (κ3) is 6.93. The van der Waals surface area contributed by atoms with Gasteiger partial charge in [-0.25, -0.2) is 0 Å². The SMILES string of the molecule is CCCCNC(=O)[C@H](CC)N(Cc1ccccc1)C(=O)Cc1ccc(OC)cc1. The molecular formula is C24H32N2O3. The molecule has 0 radical (unpaired) electrons. The molecule has 0 unspecified atom stereocenters. The number of unbranched alkanes of at least 4 members (excludes halogenated alkanes) is 1. The van der Waals surface area contributed by atoms with Gasteiger partial charge >= 0.3 is 0 Å². The highest BCUT2D eigenvalue weighted by Gasteiger charge is 2.28. The number of hydrogen-bond donors (Lipinski definition) is 1. The maximum absolute atomic E-state index is 13.2. The molecular weight excluding hydrogens is 364 g/mol. The molecule has 0 saturated carbocycles. The number of methoxy groups -OCH3 is 1. The van der Waals surface area contributed by atoms with Crippen molar-refractivity contribution in [1.29, 1.82) is 0 Å². The van der Waals surface area contributed by atoms with Gasteiger partial charge in [-0.15, -0.1) is 0 Å². The topological polar surface area (TPSA) is 58.6 Å². The molecule has 5 heteroatoms. The number of nitrogens with zero attached hydrogens (tertiary/aromatic N) is 1. The van der Waals surface area contributed by atoms with Gasteiger partial charge in [0.1, 0.15) is 11.8 Å². The number of amides is 2. The van der Waals surface area contributed by atoms with Gasteiger partial charge < -0.3 is 15.0 Å². The van der Waals surface area contributed by atoms with Gasteiger partial charge in [0.2, 0.25) is 11.8 Å².